The van der Waals surface area contributed by atoms with Crippen LogP contribution in [0.2, 0.25) is 5.02 Å². The molecule has 0 aliphatic rings. The third kappa shape index (κ3) is 3.28. The zero-order valence-corrected chi connectivity index (χ0v) is 16.3. The quantitative estimate of drug-likeness (QED) is 0.447. The molecule has 2 aromatic carbocycles. The minimum atomic E-state index is -1.37. The molecule has 2 heterocycles. The Hall–Kier alpha value is -2.83. The highest BCUT2D eigenvalue weighted by Gasteiger charge is 2.24. The Morgan fingerprint density at radius 1 is 1.00 bits per heavy atom. The van der Waals surface area contributed by atoms with Crippen molar-refractivity contribution >= 4 is 17.2 Å². The van der Waals surface area contributed by atoms with E-state index in [9.17, 15) is 18.3 Å². The van der Waals surface area contributed by atoms with Gasteiger partial charge in [0.15, 0.2) is 11.5 Å². The highest BCUT2D eigenvalue weighted by Crippen LogP contribution is 2.34. The van der Waals surface area contributed by atoms with Gasteiger partial charge in [0.1, 0.15) is 11.6 Å². The number of aromatic nitrogens is 2. The highest BCUT2D eigenvalue weighted by molar-refractivity contribution is 6.31. The Morgan fingerprint density at radius 3 is 2.48 bits per heavy atom. The standard InChI is InChI=1S/C22H16ClF3N2O/c1-22(2,29)15-8-9-28-18(11-27-21(28)20(15)26)12-6-7-17(24)14(10-12)13-4-3-5-16(23)19(13)25/h3-11,29H,1-2H3. The summed E-state index contributed by atoms with van der Waals surface area (Å²) in [6.45, 7) is 2.97. The molecular formula is C22H16ClF3N2O. The van der Waals surface area contributed by atoms with Crippen LogP contribution in [0.4, 0.5) is 13.2 Å². The van der Waals surface area contributed by atoms with Crippen molar-refractivity contribution < 1.29 is 18.3 Å². The molecule has 0 spiro atoms. The van der Waals surface area contributed by atoms with E-state index in [0.717, 1.165) is 0 Å². The van der Waals surface area contributed by atoms with Gasteiger partial charge in [0.05, 0.1) is 22.5 Å². The number of pyridine rings is 1. The fraction of sp³-hybridized carbons (Fsp3) is 0.136. The molecular weight excluding hydrogens is 401 g/mol. The maximum atomic E-state index is 14.8. The van der Waals surface area contributed by atoms with Crippen LogP contribution in [0.1, 0.15) is 19.4 Å². The Morgan fingerprint density at radius 2 is 1.76 bits per heavy atom. The molecule has 0 amide bonds. The van der Waals surface area contributed by atoms with E-state index in [1.807, 2.05) is 0 Å². The SMILES string of the molecule is CC(C)(O)c1ccn2c(-c3ccc(F)c(-c4cccc(Cl)c4F)c3)cnc2c1F. The van der Waals surface area contributed by atoms with Gasteiger partial charge in [0, 0.05) is 28.5 Å². The summed E-state index contributed by atoms with van der Waals surface area (Å²) in [6, 6.07) is 10.0. The van der Waals surface area contributed by atoms with Crippen molar-refractivity contribution in [3.05, 3.63) is 82.9 Å². The lowest BCUT2D eigenvalue weighted by Crippen LogP contribution is -2.18. The maximum Gasteiger partial charge on any atom is 0.174 e. The number of fused-ring (bicyclic) bond motifs is 1. The zero-order chi connectivity index (χ0) is 20.9. The predicted molar refractivity (Wildman–Crippen MR) is 106 cm³/mol. The van der Waals surface area contributed by atoms with Gasteiger partial charge in [0.25, 0.3) is 0 Å². The van der Waals surface area contributed by atoms with Crippen molar-refractivity contribution in [2.24, 2.45) is 0 Å². The monoisotopic (exact) mass is 416 g/mol. The minimum absolute atomic E-state index is 0.0273. The molecule has 0 saturated carbocycles. The molecule has 7 heteroatoms. The van der Waals surface area contributed by atoms with Gasteiger partial charge in [-0.2, -0.15) is 0 Å². The maximum absolute atomic E-state index is 14.8. The van der Waals surface area contributed by atoms with Crippen molar-refractivity contribution in [2.45, 2.75) is 19.4 Å². The Balaban J connectivity index is 1.89. The van der Waals surface area contributed by atoms with E-state index >= 15 is 0 Å². The Bertz CT molecular complexity index is 1250. The summed E-state index contributed by atoms with van der Waals surface area (Å²) in [5.41, 5.74) is -0.159. The summed E-state index contributed by atoms with van der Waals surface area (Å²) < 4.78 is 45.2. The topological polar surface area (TPSA) is 37.5 Å². The number of halogens is 4. The first kappa shape index (κ1) is 19.5. The minimum Gasteiger partial charge on any atom is -0.386 e. The van der Waals surface area contributed by atoms with Gasteiger partial charge in [-0.1, -0.05) is 23.7 Å². The molecule has 148 valence electrons. The molecule has 0 aliphatic heterocycles. The van der Waals surface area contributed by atoms with Crippen LogP contribution in [-0.2, 0) is 5.60 Å². The Kier molecular flexibility index (Phi) is 4.63. The van der Waals surface area contributed by atoms with Crippen molar-refractivity contribution in [1.29, 1.82) is 0 Å². The van der Waals surface area contributed by atoms with Crippen LogP contribution in [0.5, 0.6) is 0 Å². The molecule has 0 atom stereocenters. The fourth-order valence-electron chi connectivity index (χ4n) is 3.31. The average molecular weight is 417 g/mol. The molecule has 0 bridgehead atoms. The average Bonchev–Trinajstić information content (AvgIpc) is 3.09. The van der Waals surface area contributed by atoms with Gasteiger partial charge in [-0.15, -0.1) is 0 Å². The molecule has 1 N–H and O–H groups in total. The van der Waals surface area contributed by atoms with Gasteiger partial charge in [-0.25, -0.2) is 18.2 Å². The second-order valence-corrected chi connectivity index (χ2v) is 7.64. The molecule has 0 unspecified atom stereocenters. The van der Waals surface area contributed by atoms with E-state index in [4.69, 9.17) is 11.6 Å². The van der Waals surface area contributed by atoms with E-state index in [0.29, 0.717) is 11.3 Å². The Labute approximate surface area is 170 Å². The van der Waals surface area contributed by atoms with Crippen molar-refractivity contribution in [3.63, 3.8) is 0 Å². The third-order valence-corrected chi connectivity index (χ3v) is 5.07. The molecule has 2 aromatic heterocycles. The van der Waals surface area contributed by atoms with E-state index in [1.54, 1.807) is 6.20 Å². The van der Waals surface area contributed by atoms with Crippen LogP contribution < -0.4 is 0 Å². The van der Waals surface area contributed by atoms with Crippen LogP contribution >= 0.6 is 11.6 Å². The first-order chi connectivity index (χ1) is 13.7. The summed E-state index contributed by atoms with van der Waals surface area (Å²) in [5, 5.41) is 10.0. The molecule has 0 saturated heterocycles. The largest absolute Gasteiger partial charge is 0.386 e. The number of rotatable bonds is 3. The first-order valence-electron chi connectivity index (χ1n) is 8.81. The number of imidazole rings is 1. The van der Waals surface area contributed by atoms with Gasteiger partial charge < -0.3 is 5.11 Å². The molecule has 4 rings (SSSR count). The second-order valence-electron chi connectivity index (χ2n) is 7.24. The lowest BCUT2D eigenvalue weighted by atomic mass is 9.99. The number of hydrogen-bond donors (Lipinski definition) is 1. The molecule has 29 heavy (non-hydrogen) atoms. The number of nitrogens with zero attached hydrogens (tertiary/aromatic N) is 2. The zero-order valence-electron chi connectivity index (χ0n) is 15.5. The first-order valence-corrected chi connectivity index (χ1v) is 9.19. The summed E-state index contributed by atoms with van der Waals surface area (Å²) in [4.78, 5) is 4.11. The smallest absolute Gasteiger partial charge is 0.174 e. The molecule has 4 aromatic rings. The normalized spacial score (nSPS) is 12.0. The summed E-state index contributed by atoms with van der Waals surface area (Å²) >= 11 is 5.83. The molecule has 3 nitrogen and oxygen atoms in total. The van der Waals surface area contributed by atoms with E-state index in [2.05, 4.69) is 4.98 Å². The highest BCUT2D eigenvalue weighted by atomic mass is 35.5. The van der Waals surface area contributed by atoms with E-state index in [1.165, 1.54) is 66.9 Å². The number of hydrogen-bond acceptors (Lipinski definition) is 2. The molecule has 0 aliphatic carbocycles. The van der Waals surface area contributed by atoms with E-state index in [-0.39, 0.29) is 27.4 Å². The van der Waals surface area contributed by atoms with Crippen LogP contribution in [0.25, 0.3) is 28.0 Å². The number of benzene rings is 2. The molecule has 0 fully saturated rings. The van der Waals surface area contributed by atoms with Gasteiger partial charge >= 0.3 is 0 Å². The number of aliphatic hydroxyl groups is 1. The summed E-state index contributed by atoms with van der Waals surface area (Å²) in [6.07, 6.45) is 3.02. The van der Waals surface area contributed by atoms with Crippen LogP contribution in [0.15, 0.2) is 54.9 Å². The molecule has 0 radical (unpaired) electrons. The summed E-state index contributed by atoms with van der Waals surface area (Å²) in [5.74, 6) is -1.97. The predicted octanol–water partition coefficient (Wildman–Crippen LogP) is 5.97. The van der Waals surface area contributed by atoms with E-state index < -0.39 is 23.1 Å². The van der Waals surface area contributed by atoms with Crippen molar-refractivity contribution in [1.82, 2.24) is 9.38 Å². The lowest BCUT2D eigenvalue weighted by molar-refractivity contribution is 0.0746. The summed E-state index contributed by atoms with van der Waals surface area (Å²) in [7, 11) is 0. The van der Waals surface area contributed by atoms with Gasteiger partial charge in [-0.05, 0) is 44.2 Å². The third-order valence-electron chi connectivity index (χ3n) is 4.78. The van der Waals surface area contributed by atoms with Crippen LogP contribution in [-0.4, -0.2) is 14.5 Å². The van der Waals surface area contributed by atoms with Crippen LogP contribution in [0.3, 0.4) is 0 Å². The fourth-order valence-corrected chi connectivity index (χ4v) is 3.48. The van der Waals surface area contributed by atoms with Gasteiger partial charge in [0.2, 0.25) is 0 Å². The lowest BCUT2D eigenvalue weighted by Gasteiger charge is -2.18. The van der Waals surface area contributed by atoms with Gasteiger partial charge in [-0.3, -0.25) is 4.40 Å². The van der Waals surface area contributed by atoms with Crippen molar-refractivity contribution in [2.75, 3.05) is 0 Å². The van der Waals surface area contributed by atoms with Crippen LogP contribution in [0, 0.1) is 17.5 Å². The van der Waals surface area contributed by atoms with Crippen molar-refractivity contribution in [3.8, 4) is 22.4 Å². The second kappa shape index (κ2) is 6.90.